The maximum Gasteiger partial charge on any atom is 0.353 e. The van der Waals surface area contributed by atoms with E-state index in [1.165, 1.54) is 6.33 Å². The third-order valence-electron chi connectivity index (χ3n) is 3.05. The van der Waals surface area contributed by atoms with Crippen LogP contribution in [-0.4, -0.2) is 41.7 Å². The first kappa shape index (κ1) is 13.5. The Bertz CT molecular complexity index is 448. The van der Waals surface area contributed by atoms with Crippen LogP contribution < -0.4 is 10.6 Å². The van der Waals surface area contributed by atoms with Crippen LogP contribution in [-0.2, 0) is 4.74 Å². The summed E-state index contributed by atoms with van der Waals surface area (Å²) in [5.41, 5.74) is -0.123. The minimum absolute atomic E-state index is 0.123. The lowest BCUT2D eigenvalue weighted by atomic mass is 10.0. The maximum atomic E-state index is 11.1. The average molecular weight is 267 g/mol. The number of hydrogen-bond acceptors (Lipinski definition) is 7. The van der Waals surface area contributed by atoms with Gasteiger partial charge < -0.3 is 15.4 Å². The summed E-state index contributed by atoms with van der Waals surface area (Å²) >= 11 is 0. The Morgan fingerprint density at radius 1 is 1.53 bits per heavy atom. The Morgan fingerprint density at radius 3 is 2.95 bits per heavy atom. The summed E-state index contributed by atoms with van der Waals surface area (Å²) in [6.07, 6.45) is 3.39. The van der Waals surface area contributed by atoms with Crippen molar-refractivity contribution < 1.29 is 9.66 Å². The molecule has 104 valence electrons. The first-order valence-corrected chi connectivity index (χ1v) is 6.21. The van der Waals surface area contributed by atoms with Gasteiger partial charge in [-0.25, -0.2) is 9.97 Å². The van der Waals surface area contributed by atoms with Crippen molar-refractivity contribution in [1.82, 2.24) is 9.97 Å². The van der Waals surface area contributed by atoms with E-state index in [0.717, 1.165) is 19.4 Å². The van der Waals surface area contributed by atoms with Crippen LogP contribution in [0.15, 0.2) is 6.33 Å². The van der Waals surface area contributed by atoms with Crippen molar-refractivity contribution >= 4 is 17.3 Å². The van der Waals surface area contributed by atoms with Gasteiger partial charge in [-0.05, 0) is 18.8 Å². The summed E-state index contributed by atoms with van der Waals surface area (Å²) in [6, 6.07) is 0. The highest BCUT2D eigenvalue weighted by Crippen LogP contribution is 2.28. The van der Waals surface area contributed by atoms with Crippen molar-refractivity contribution in [3.05, 3.63) is 16.4 Å². The quantitative estimate of drug-likeness (QED) is 0.611. The zero-order chi connectivity index (χ0) is 13.7. The molecule has 0 saturated carbocycles. The number of hydrogen-bond donors (Lipinski definition) is 2. The second-order valence-electron chi connectivity index (χ2n) is 4.39. The first-order chi connectivity index (χ1) is 9.22. The molecular formula is C11H17N5O3. The van der Waals surface area contributed by atoms with E-state index in [-0.39, 0.29) is 17.3 Å². The lowest BCUT2D eigenvalue weighted by Crippen LogP contribution is -2.25. The molecule has 8 heteroatoms. The minimum Gasteiger partial charge on any atom is -0.381 e. The fourth-order valence-electron chi connectivity index (χ4n) is 2.07. The van der Waals surface area contributed by atoms with E-state index in [2.05, 4.69) is 20.6 Å². The zero-order valence-corrected chi connectivity index (χ0v) is 10.8. The molecule has 2 heterocycles. The summed E-state index contributed by atoms with van der Waals surface area (Å²) in [7, 11) is 1.59. The van der Waals surface area contributed by atoms with E-state index in [1.54, 1.807) is 7.05 Å². The third kappa shape index (κ3) is 3.28. The van der Waals surface area contributed by atoms with Crippen LogP contribution in [0.2, 0.25) is 0 Å². The lowest BCUT2D eigenvalue weighted by molar-refractivity contribution is -0.383. The van der Waals surface area contributed by atoms with Crippen molar-refractivity contribution in [2.45, 2.75) is 12.8 Å². The molecule has 8 nitrogen and oxygen atoms in total. The second kappa shape index (κ2) is 6.28. The van der Waals surface area contributed by atoms with E-state index in [0.29, 0.717) is 19.1 Å². The fraction of sp³-hybridized carbons (Fsp3) is 0.636. The molecule has 0 aliphatic carbocycles. The highest BCUT2D eigenvalue weighted by Gasteiger charge is 2.23. The van der Waals surface area contributed by atoms with E-state index in [9.17, 15) is 10.1 Å². The van der Waals surface area contributed by atoms with Gasteiger partial charge in [0.15, 0.2) is 0 Å². The number of nitrogens with zero attached hydrogens (tertiary/aromatic N) is 3. The Balaban J connectivity index is 2.08. The molecule has 0 bridgehead atoms. The molecule has 0 amide bonds. The van der Waals surface area contributed by atoms with Crippen LogP contribution in [0, 0.1) is 16.0 Å². The van der Waals surface area contributed by atoms with Crippen molar-refractivity contribution in [3.8, 4) is 0 Å². The van der Waals surface area contributed by atoms with Crippen molar-refractivity contribution in [1.29, 1.82) is 0 Å². The van der Waals surface area contributed by atoms with E-state index in [1.807, 2.05) is 0 Å². The van der Waals surface area contributed by atoms with Crippen molar-refractivity contribution in [3.63, 3.8) is 0 Å². The van der Waals surface area contributed by atoms with E-state index in [4.69, 9.17) is 4.74 Å². The summed E-state index contributed by atoms with van der Waals surface area (Å²) in [5, 5.41) is 16.8. The number of nitrogens with one attached hydrogen (secondary N) is 2. The molecule has 1 fully saturated rings. The average Bonchev–Trinajstić information content (AvgIpc) is 2.45. The number of anilines is 2. The highest BCUT2D eigenvalue weighted by molar-refractivity contribution is 5.68. The number of rotatable bonds is 5. The van der Waals surface area contributed by atoms with E-state index >= 15 is 0 Å². The van der Waals surface area contributed by atoms with Gasteiger partial charge in [-0.15, -0.1) is 0 Å². The van der Waals surface area contributed by atoms with Crippen LogP contribution in [0.3, 0.4) is 0 Å². The molecule has 1 unspecified atom stereocenters. The molecule has 1 aromatic heterocycles. The molecule has 2 rings (SSSR count). The van der Waals surface area contributed by atoms with E-state index < -0.39 is 4.92 Å². The number of aromatic nitrogens is 2. The topological polar surface area (TPSA) is 102 Å². The molecular weight excluding hydrogens is 250 g/mol. The van der Waals surface area contributed by atoms with Gasteiger partial charge in [-0.1, -0.05) is 0 Å². The normalized spacial score (nSPS) is 18.9. The van der Waals surface area contributed by atoms with Crippen LogP contribution in [0.1, 0.15) is 12.8 Å². The predicted molar refractivity (Wildman–Crippen MR) is 70.3 cm³/mol. The standard InChI is InChI=1S/C11H17N5O3/c1-12-10-9(16(17)18)11(15-7-14-10)13-5-8-3-2-4-19-6-8/h7-8H,2-6H2,1H3,(H2,12,13,14,15). The fourth-order valence-corrected chi connectivity index (χ4v) is 2.07. The van der Waals surface area contributed by atoms with Gasteiger partial charge in [0.25, 0.3) is 0 Å². The Morgan fingerprint density at radius 2 is 2.32 bits per heavy atom. The Kier molecular flexibility index (Phi) is 4.45. The van der Waals surface area contributed by atoms with Gasteiger partial charge >= 0.3 is 5.69 Å². The van der Waals surface area contributed by atoms with Crippen LogP contribution in [0.25, 0.3) is 0 Å². The van der Waals surface area contributed by atoms with Crippen LogP contribution in [0.4, 0.5) is 17.3 Å². The first-order valence-electron chi connectivity index (χ1n) is 6.21. The molecule has 19 heavy (non-hydrogen) atoms. The predicted octanol–water partition coefficient (Wildman–Crippen LogP) is 1.27. The number of nitro groups is 1. The monoisotopic (exact) mass is 267 g/mol. The maximum absolute atomic E-state index is 11.1. The largest absolute Gasteiger partial charge is 0.381 e. The molecule has 1 aliphatic heterocycles. The highest BCUT2D eigenvalue weighted by atomic mass is 16.6. The molecule has 1 saturated heterocycles. The molecule has 1 aromatic rings. The van der Waals surface area contributed by atoms with Gasteiger partial charge in [0.2, 0.25) is 11.6 Å². The smallest absolute Gasteiger partial charge is 0.353 e. The molecule has 0 spiro atoms. The molecule has 2 N–H and O–H groups in total. The summed E-state index contributed by atoms with van der Waals surface area (Å²) in [4.78, 5) is 18.4. The van der Waals surface area contributed by atoms with Crippen molar-refractivity contribution in [2.75, 3.05) is 37.4 Å². The lowest BCUT2D eigenvalue weighted by Gasteiger charge is -2.22. The molecule has 1 aliphatic rings. The Labute approximate surface area is 110 Å². The third-order valence-corrected chi connectivity index (χ3v) is 3.05. The van der Waals surface area contributed by atoms with Gasteiger partial charge in [-0.2, -0.15) is 0 Å². The Hall–Kier alpha value is -1.96. The summed E-state index contributed by atoms with van der Waals surface area (Å²) in [5.74, 6) is 0.818. The SMILES string of the molecule is CNc1ncnc(NCC2CCCOC2)c1[N+](=O)[O-]. The summed E-state index contributed by atoms with van der Waals surface area (Å²) in [6.45, 7) is 2.10. The molecule has 0 radical (unpaired) electrons. The van der Waals surface area contributed by atoms with Gasteiger partial charge in [0.05, 0.1) is 11.5 Å². The molecule has 1 atom stereocenters. The second-order valence-corrected chi connectivity index (χ2v) is 4.39. The minimum atomic E-state index is -0.481. The summed E-state index contributed by atoms with van der Waals surface area (Å²) < 4.78 is 5.37. The van der Waals surface area contributed by atoms with Gasteiger partial charge in [-0.3, -0.25) is 10.1 Å². The van der Waals surface area contributed by atoms with Gasteiger partial charge in [0.1, 0.15) is 6.33 Å². The van der Waals surface area contributed by atoms with Crippen LogP contribution >= 0.6 is 0 Å². The zero-order valence-electron chi connectivity index (χ0n) is 10.8. The number of ether oxygens (including phenoxy) is 1. The van der Waals surface area contributed by atoms with Crippen molar-refractivity contribution in [2.24, 2.45) is 5.92 Å². The van der Waals surface area contributed by atoms with Crippen LogP contribution in [0.5, 0.6) is 0 Å². The molecule has 0 aromatic carbocycles. The van der Waals surface area contributed by atoms with Gasteiger partial charge in [0, 0.05) is 20.2 Å².